The summed E-state index contributed by atoms with van der Waals surface area (Å²) in [6, 6.07) is 17.0. The van der Waals surface area contributed by atoms with E-state index in [2.05, 4.69) is 66.3 Å². The van der Waals surface area contributed by atoms with Crippen LogP contribution in [0.2, 0.25) is 0 Å². The minimum atomic E-state index is 0.374. The van der Waals surface area contributed by atoms with Crippen molar-refractivity contribution < 1.29 is 0 Å². The zero-order chi connectivity index (χ0) is 21.5. The Morgan fingerprint density at radius 3 is 2.73 bits per heavy atom. The SMILES string of the molecule is C=CCC(CC)C(/C=C(\C#N)c1c[nH]c2ccc(-c3ccccc3NC)cc12)=C\C. The van der Waals surface area contributed by atoms with Crippen molar-refractivity contribution in [1.29, 1.82) is 5.26 Å². The summed E-state index contributed by atoms with van der Waals surface area (Å²) >= 11 is 0. The number of aromatic amines is 1. The molecule has 0 spiro atoms. The molecule has 3 nitrogen and oxygen atoms in total. The zero-order valence-corrected chi connectivity index (χ0v) is 18.0. The van der Waals surface area contributed by atoms with Crippen molar-refractivity contribution in [3.63, 3.8) is 0 Å². The van der Waals surface area contributed by atoms with Crippen LogP contribution in [0.1, 0.15) is 32.3 Å². The fourth-order valence-electron chi connectivity index (χ4n) is 3.98. The van der Waals surface area contributed by atoms with Gasteiger partial charge in [0.1, 0.15) is 0 Å². The molecule has 1 unspecified atom stereocenters. The van der Waals surface area contributed by atoms with Crippen LogP contribution in [-0.4, -0.2) is 12.0 Å². The van der Waals surface area contributed by atoms with Crippen molar-refractivity contribution in [2.24, 2.45) is 5.92 Å². The van der Waals surface area contributed by atoms with Gasteiger partial charge in [-0.2, -0.15) is 5.26 Å². The molecule has 3 rings (SSSR count). The maximum atomic E-state index is 9.97. The van der Waals surface area contributed by atoms with Crippen LogP contribution < -0.4 is 5.32 Å². The van der Waals surface area contributed by atoms with Crippen LogP contribution >= 0.6 is 0 Å². The smallest absolute Gasteiger partial charge is 0.0998 e. The monoisotopic (exact) mass is 395 g/mol. The van der Waals surface area contributed by atoms with Gasteiger partial charge in [0.2, 0.25) is 0 Å². The molecule has 1 atom stereocenters. The number of rotatable bonds is 8. The van der Waals surface area contributed by atoms with E-state index in [0.29, 0.717) is 11.5 Å². The third-order valence-electron chi connectivity index (χ3n) is 5.66. The molecule has 0 radical (unpaired) electrons. The summed E-state index contributed by atoms with van der Waals surface area (Å²) in [5, 5.41) is 14.3. The van der Waals surface area contributed by atoms with Gasteiger partial charge in [0, 0.05) is 41.0 Å². The highest BCUT2D eigenvalue weighted by molar-refractivity contribution is 5.99. The second-order valence-electron chi connectivity index (χ2n) is 7.35. The first-order chi connectivity index (χ1) is 14.7. The number of hydrogen-bond acceptors (Lipinski definition) is 2. The Balaban J connectivity index is 2.11. The Kier molecular flexibility index (Phi) is 6.93. The molecule has 3 aromatic rings. The van der Waals surface area contributed by atoms with E-state index in [4.69, 9.17) is 0 Å². The zero-order valence-electron chi connectivity index (χ0n) is 18.0. The Morgan fingerprint density at radius 2 is 2.07 bits per heavy atom. The van der Waals surface area contributed by atoms with Gasteiger partial charge >= 0.3 is 0 Å². The molecule has 3 heteroatoms. The summed E-state index contributed by atoms with van der Waals surface area (Å²) in [6.07, 6.45) is 9.96. The van der Waals surface area contributed by atoms with Gasteiger partial charge in [-0.1, -0.05) is 43.3 Å². The number of H-pyrrole nitrogens is 1. The minimum Gasteiger partial charge on any atom is -0.388 e. The van der Waals surface area contributed by atoms with Gasteiger partial charge in [-0.15, -0.1) is 6.58 Å². The summed E-state index contributed by atoms with van der Waals surface area (Å²) in [7, 11) is 1.93. The summed E-state index contributed by atoms with van der Waals surface area (Å²) in [6.45, 7) is 8.10. The van der Waals surface area contributed by atoms with Gasteiger partial charge in [-0.05, 0) is 61.1 Å². The largest absolute Gasteiger partial charge is 0.388 e. The molecule has 0 aliphatic carbocycles. The van der Waals surface area contributed by atoms with Crippen LogP contribution in [0.25, 0.3) is 27.6 Å². The molecule has 2 aromatic carbocycles. The van der Waals surface area contributed by atoms with Gasteiger partial charge in [0.25, 0.3) is 0 Å². The number of para-hydroxylation sites is 1. The fourth-order valence-corrected chi connectivity index (χ4v) is 3.98. The standard InChI is InChI=1S/C27H29N3/c1-5-10-19(6-2)20(7-3)15-22(17-28)25-18-30-27-14-13-21(16-24(25)27)23-11-8-9-12-26(23)29-4/h5,7-9,11-16,18-19,29-30H,1,6,10H2,2-4H3/b20-7-,22-15+. The number of nitrogens with zero attached hydrogens (tertiary/aromatic N) is 1. The molecule has 30 heavy (non-hydrogen) atoms. The number of fused-ring (bicyclic) bond motifs is 1. The topological polar surface area (TPSA) is 51.6 Å². The van der Waals surface area contributed by atoms with Gasteiger partial charge in [0.05, 0.1) is 11.6 Å². The van der Waals surface area contributed by atoms with E-state index in [1.54, 1.807) is 0 Å². The number of benzene rings is 2. The number of anilines is 1. The van der Waals surface area contributed by atoms with E-state index < -0.39 is 0 Å². The van der Waals surface area contributed by atoms with E-state index in [1.165, 1.54) is 5.57 Å². The number of hydrogen-bond donors (Lipinski definition) is 2. The Labute approximate surface area is 179 Å². The van der Waals surface area contributed by atoms with Gasteiger partial charge < -0.3 is 10.3 Å². The average molecular weight is 396 g/mol. The third-order valence-corrected chi connectivity index (χ3v) is 5.66. The summed E-state index contributed by atoms with van der Waals surface area (Å²) in [5.41, 5.74) is 7.16. The summed E-state index contributed by atoms with van der Waals surface area (Å²) < 4.78 is 0. The first-order valence-electron chi connectivity index (χ1n) is 10.4. The molecule has 0 saturated heterocycles. The average Bonchev–Trinajstić information content (AvgIpc) is 3.21. The van der Waals surface area contributed by atoms with E-state index in [1.807, 2.05) is 44.5 Å². The van der Waals surface area contributed by atoms with Crippen LogP contribution in [0, 0.1) is 17.2 Å². The molecular formula is C27H29N3. The van der Waals surface area contributed by atoms with Crippen molar-refractivity contribution in [2.75, 3.05) is 12.4 Å². The van der Waals surface area contributed by atoms with Gasteiger partial charge in [0.15, 0.2) is 0 Å². The molecule has 0 amide bonds. The Bertz CT molecular complexity index is 1140. The molecule has 2 N–H and O–H groups in total. The molecule has 0 aliphatic heterocycles. The third kappa shape index (κ3) is 4.23. The van der Waals surface area contributed by atoms with Crippen molar-refractivity contribution in [3.05, 3.63) is 84.6 Å². The quantitative estimate of drug-likeness (QED) is 0.238. The fraction of sp³-hybridized carbons (Fsp3) is 0.222. The van der Waals surface area contributed by atoms with E-state index in [0.717, 1.165) is 46.1 Å². The lowest BCUT2D eigenvalue weighted by atomic mass is 9.90. The van der Waals surface area contributed by atoms with Crippen LogP contribution in [0.5, 0.6) is 0 Å². The predicted molar refractivity (Wildman–Crippen MR) is 129 cm³/mol. The molecule has 1 heterocycles. The molecule has 0 bridgehead atoms. The summed E-state index contributed by atoms with van der Waals surface area (Å²) in [4.78, 5) is 3.33. The number of allylic oxidation sites excluding steroid dienone is 5. The first kappa shape index (κ1) is 21.2. The predicted octanol–water partition coefficient (Wildman–Crippen LogP) is 7.33. The van der Waals surface area contributed by atoms with Crippen molar-refractivity contribution in [1.82, 2.24) is 4.98 Å². The van der Waals surface area contributed by atoms with E-state index >= 15 is 0 Å². The second-order valence-corrected chi connectivity index (χ2v) is 7.35. The second kappa shape index (κ2) is 9.80. The maximum Gasteiger partial charge on any atom is 0.0998 e. The molecule has 152 valence electrons. The van der Waals surface area contributed by atoms with Crippen molar-refractivity contribution >= 4 is 22.2 Å². The van der Waals surface area contributed by atoms with Crippen LogP contribution in [0.4, 0.5) is 5.69 Å². The summed E-state index contributed by atoms with van der Waals surface area (Å²) in [5.74, 6) is 0.374. The molecular weight excluding hydrogens is 366 g/mol. The normalized spacial score (nSPS) is 13.1. The minimum absolute atomic E-state index is 0.374. The van der Waals surface area contributed by atoms with Crippen molar-refractivity contribution in [3.8, 4) is 17.2 Å². The van der Waals surface area contributed by atoms with Crippen LogP contribution in [0.15, 0.2) is 79.0 Å². The molecule has 0 aliphatic rings. The Morgan fingerprint density at radius 1 is 1.27 bits per heavy atom. The lowest BCUT2D eigenvalue weighted by Gasteiger charge is -2.14. The highest BCUT2D eigenvalue weighted by atomic mass is 14.8. The number of nitriles is 1. The number of aromatic nitrogens is 1. The lowest BCUT2D eigenvalue weighted by Crippen LogP contribution is -2.00. The van der Waals surface area contributed by atoms with Crippen LogP contribution in [-0.2, 0) is 0 Å². The molecule has 1 aromatic heterocycles. The van der Waals surface area contributed by atoms with E-state index in [9.17, 15) is 5.26 Å². The highest BCUT2D eigenvalue weighted by Crippen LogP contribution is 2.34. The van der Waals surface area contributed by atoms with E-state index in [-0.39, 0.29) is 0 Å². The molecule has 0 fully saturated rings. The number of nitrogens with one attached hydrogen (secondary N) is 2. The molecule has 0 saturated carbocycles. The highest BCUT2D eigenvalue weighted by Gasteiger charge is 2.14. The van der Waals surface area contributed by atoms with Crippen LogP contribution in [0.3, 0.4) is 0 Å². The maximum absolute atomic E-state index is 9.97. The van der Waals surface area contributed by atoms with Crippen molar-refractivity contribution in [2.45, 2.75) is 26.7 Å². The lowest BCUT2D eigenvalue weighted by molar-refractivity contribution is 0.613. The van der Waals surface area contributed by atoms with Gasteiger partial charge in [-0.25, -0.2) is 0 Å². The first-order valence-corrected chi connectivity index (χ1v) is 10.4. The Hall–Kier alpha value is -3.51. The van der Waals surface area contributed by atoms with Gasteiger partial charge in [-0.3, -0.25) is 0 Å².